The molecule has 0 unspecified atom stereocenters. The maximum absolute atomic E-state index is 12.5. The number of nitrogens with one attached hydrogen (secondary N) is 1. The van der Waals surface area contributed by atoms with E-state index < -0.39 is 0 Å². The van der Waals surface area contributed by atoms with Gasteiger partial charge >= 0.3 is 0 Å². The van der Waals surface area contributed by atoms with Crippen LogP contribution in [0.5, 0.6) is 0 Å². The van der Waals surface area contributed by atoms with Gasteiger partial charge in [-0.2, -0.15) is 0 Å². The molecule has 0 atom stereocenters. The highest BCUT2D eigenvalue weighted by atomic mass is 16.5. The van der Waals surface area contributed by atoms with E-state index in [1.165, 1.54) is 11.2 Å². The van der Waals surface area contributed by atoms with E-state index in [1.807, 2.05) is 12.1 Å². The molecule has 0 aliphatic rings. The minimum absolute atomic E-state index is 0.149. The van der Waals surface area contributed by atoms with Crippen LogP contribution in [0.25, 0.3) is 11.5 Å². The molecule has 0 saturated heterocycles. The number of amides is 2. The van der Waals surface area contributed by atoms with Crippen molar-refractivity contribution in [2.45, 2.75) is 6.54 Å². The summed E-state index contributed by atoms with van der Waals surface area (Å²) in [6, 6.07) is 12.1. The largest absolute Gasteiger partial charge is 0.461 e. The average Bonchev–Trinajstić information content (AvgIpc) is 3.32. The summed E-state index contributed by atoms with van der Waals surface area (Å²) in [5.74, 6) is 0.497. The SMILES string of the molecule is CNC(=O)c1ccc(CN(C)C(=O)c2cc(-c3ccco3)on2)cc1. The summed E-state index contributed by atoms with van der Waals surface area (Å²) in [6.07, 6.45) is 1.52. The van der Waals surface area contributed by atoms with Crippen LogP contribution >= 0.6 is 0 Å². The summed E-state index contributed by atoms with van der Waals surface area (Å²) in [5, 5.41) is 6.37. The molecule has 7 nitrogen and oxygen atoms in total. The van der Waals surface area contributed by atoms with Gasteiger partial charge in [0.15, 0.2) is 11.5 Å². The zero-order chi connectivity index (χ0) is 17.8. The molecular formula is C18H17N3O4. The first-order valence-corrected chi connectivity index (χ1v) is 7.65. The quantitative estimate of drug-likeness (QED) is 0.772. The number of hydrogen-bond acceptors (Lipinski definition) is 5. The molecule has 3 rings (SSSR count). The Balaban J connectivity index is 1.67. The third kappa shape index (κ3) is 3.60. The lowest BCUT2D eigenvalue weighted by molar-refractivity contribution is 0.0774. The van der Waals surface area contributed by atoms with E-state index in [9.17, 15) is 9.59 Å². The molecule has 0 fully saturated rings. The van der Waals surface area contributed by atoms with Crippen LogP contribution in [0.1, 0.15) is 26.4 Å². The number of carbonyl (C=O) groups excluding carboxylic acids is 2. The zero-order valence-electron chi connectivity index (χ0n) is 13.9. The van der Waals surface area contributed by atoms with Gasteiger partial charge in [-0.05, 0) is 29.8 Å². The maximum Gasteiger partial charge on any atom is 0.276 e. The van der Waals surface area contributed by atoms with E-state index in [1.54, 1.807) is 44.4 Å². The van der Waals surface area contributed by atoms with E-state index in [-0.39, 0.29) is 17.5 Å². The van der Waals surface area contributed by atoms with Crippen LogP contribution < -0.4 is 5.32 Å². The number of carbonyl (C=O) groups is 2. The minimum Gasteiger partial charge on any atom is -0.461 e. The Morgan fingerprint density at radius 3 is 2.56 bits per heavy atom. The van der Waals surface area contributed by atoms with E-state index in [4.69, 9.17) is 8.94 Å². The van der Waals surface area contributed by atoms with Crippen molar-refractivity contribution in [3.8, 4) is 11.5 Å². The number of furan rings is 1. The first-order valence-electron chi connectivity index (χ1n) is 7.65. The Bertz CT molecular complexity index is 866. The first-order chi connectivity index (χ1) is 12.1. The van der Waals surface area contributed by atoms with Gasteiger partial charge in [0.1, 0.15) is 0 Å². The highest BCUT2D eigenvalue weighted by Crippen LogP contribution is 2.21. The Morgan fingerprint density at radius 2 is 1.92 bits per heavy atom. The molecule has 2 amide bonds. The smallest absolute Gasteiger partial charge is 0.276 e. The fourth-order valence-corrected chi connectivity index (χ4v) is 2.36. The second kappa shape index (κ2) is 7.04. The van der Waals surface area contributed by atoms with Crippen LogP contribution in [0.3, 0.4) is 0 Å². The van der Waals surface area contributed by atoms with Crippen molar-refractivity contribution in [1.29, 1.82) is 0 Å². The van der Waals surface area contributed by atoms with Crippen LogP contribution in [-0.4, -0.2) is 36.0 Å². The molecule has 25 heavy (non-hydrogen) atoms. The first kappa shape index (κ1) is 16.5. The van der Waals surface area contributed by atoms with Crippen molar-refractivity contribution in [3.05, 3.63) is 65.5 Å². The lowest BCUT2D eigenvalue weighted by Gasteiger charge is -2.15. The molecular weight excluding hydrogens is 322 g/mol. The van der Waals surface area contributed by atoms with Gasteiger partial charge in [0.25, 0.3) is 11.8 Å². The van der Waals surface area contributed by atoms with Gasteiger partial charge in [0.2, 0.25) is 5.76 Å². The molecule has 0 spiro atoms. The fourth-order valence-electron chi connectivity index (χ4n) is 2.36. The topological polar surface area (TPSA) is 88.6 Å². The molecule has 0 aliphatic carbocycles. The second-order valence-electron chi connectivity index (χ2n) is 5.49. The molecule has 2 aromatic heterocycles. The van der Waals surface area contributed by atoms with Crippen molar-refractivity contribution >= 4 is 11.8 Å². The molecule has 0 radical (unpaired) electrons. The van der Waals surface area contributed by atoms with Gasteiger partial charge in [0.05, 0.1) is 6.26 Å². The highest BCUT2D eigenvalue weighted by Gasteiger charge is 2.19. The normalized spacial score (nSPS) is 10.5. The van der Waals surface area contributed by atoms with Crippen molar-refractivity contribution in [2.75, 3.05) is 14.1 Å². The molecule has 0 aliphatic heterocycles. The molecule has 0 saturated carbocycles. The van der Waals surface area contributed by atoms with Crippen LogP contribution in [0.15, 0.2) is 57.7 Å². The summed E-state index contributed by atoms with van der Waals surface area (Å²) >= 11 is 0. The van der Waals surface area contributed by atoms with E-state index in [0.717, 1.165) is 5.56 Å². The third-order valence-electron chi connectivity index (χ3n) is 3.70. The molecule has 7 heteroatoms. The average molecular weight is 339 g/mol. The standard InChI is InChI=1S/C18H17N3O4/c1-19-17(22)13-7-5-12(6-8-13)11-21(2)18(23)14-10-16(25-20-14)15-4-3-9-24-15/h3-10H,11H2,1-2H3,(H,19,22). The third-order valence-corrected chi connectivity index (χ3v) is 3.70. The van der Waals surface area contributed by atoms with E-state index in [2.05, 4.69) is 10.5 Å². The lowest BCUT2D eigenvalue weighted by Crippen LogP contribution is -2.26. The summed E-state index contributed by atoms with van der Waals surface area (Å²) in [5.41, 5.74) is 1.67. The Labute approximate surface area is 144 Å². The number of aromatic nitrogens is 1. The molecule has 1 aromatic carbocycles. The van der Waals surface area contributed by atoms with Crippen LogP contribution in [0.4, 0.5) is 0 Å². The van der Waals surface area contributed by atoms with Crippen molar-refractivity contribution in [3.63, 3.8) is 0 Å². The Morgan fingerprint density at radius 1 is 1.16 bits per heavy atom. The van der Waals surface area contributed by atoms with Crippen LogP contribution in [-0.2, 0) is 6.54 Å². The van der Waals surface area contributed by atoms with E-state index >= 15 is 0 Å². The number of hydrogen-bond donors (Lipinski definition) is 1. The molecule has 2 heterocycles. The van der Waals surface area contributed by atoms with Crippen LogP contribution in [0, 0.1) is 0 Å². The van der Waals surface area contributed by atoms with Gasteiger partial charge in [-0.1, -0.05) is 17.3 Å². The fraction of sp³-hybridized carbons (Fsp3) is 0.167. The predicted octanol–water partition coefficient (Wildman–Crippen LogP) is 2.57. The number of rotatable bonds is 5. The van der Waals surface area contributed by atoms with Gasteiger partial charge in [-0.25, -0.2) is 0 Å². The Kier molecular flexibility index (Phi) is 4.65. The van der Waals surface area contributed by atoms with Gasteiger partial charge < -0.3 is 19.2 Å². The predicted molar refractivity (Wildman–Crippen MR) is 89.8 cm³/mol. The molecule has 0 bridgehead atoms. The Hall–Kier alpha value is -3.35. The van der Waals surface area contributed by atoms with Crippen molar-refractivity contribution < 1.29 is 18.5 Å². The molecule has 3 aromatic rings. The summed E-state index contributed by atoms with van der Waals surface area (Å²) < 4.78 is 10.4. The highest BCUT2D eigenvalue weighted by molar-refractivity contribution is 5.94. The molecule has 1 N–H and O–H groups in total. The summed E-state index contributed by atoms with van der Waals surface area (Å²) in [4.78, 5) is 25.5. The van der Waals surface area contributed by atoms with Crippen LogP contribution in [0.2, 0.25) is 0 Å². The summed E-state index contributed by atoms with van der Waals surface area (Å²) in [6.45, 7) is 0.385. The van der Waals surface area contributed by atoms with E-state index in [0.29, 0.717) is 23.6 Å². The minimum atomic E-state index is -0.267. The van der Waals surface area contributed by atoms with Crippen molar-refractivity contribution in [1.82, 2.24) is 15.4 Å². The lowest BCUT2D eigenvalue weighted by atomic mass is 10.1. The van der Waals surface area contributed by atoms with Gasteiger partial charge in [-0.15, -0.1) is 0 Å². The van der Waals surface area contributed by atoms with Gasteiger partial charge in [0, 0.05) is 32.3 Å². The summed E-state index contributed by atoms with van der Waals surface area (Å²) in [7, 11) is 3.26. The van der Waals surface area contributed by atoms with Gasteiger partial charge in [-0.3, -0.25) is 9.59 Å². The van der Waals surface area contributed by atoms with Crippen molar-refractivity contribution in [2.24, 2.45) is 0 Å². The maximum atomic E-state index is 12.5. The molecule has 128 valence electrons. The monoisotopic (exact) mass is 339 g/mol. The zero-order valence-corrected chi connectivity index (χ0v) is 13.9. The number of nitrogens with zero attached hydrogens (tertiary/aromatic N) is 2. The second-order valence-corrected chi connectivity index (χ2v) is 5.49. The number of benzene rings is 1.